The number of rotatable bonds is 79. The minimum Gasteiger partial charge on any atom is -0.462 e. The highest BCUT2D eigenvalue weighted by molar-refractivity contribution is 7.47. The Labute approximate surface area is 619 Å². The van der Waals surface area contributed by atoms with E-state index in [0.29, 0.717) is 25.7 Å². The number of phosphoric acid groups is 2. The third-order valence-electron chi connectivity index (χ3n) is 19.4. The van der Waals surface area contributed by atoms with Gasteiger partial charge in [-0.25, -0.2) is 9.13 Å². The van der Waals surface area contributed by atoms with E-state index >= 15 is 0 Å². The summed E-state index contributed by atoms with van der Waals surface area (Å²) < 4.78 is 68.8. The van der Waals surface area contributed by atoms with Gasteiger partial charge in [0.05, 0.1) is 26.4 Å². The lowest BCUT2D eigenvalue weighted by Gasteiger charge is -2.21. The molecule has 0 heterocycles. The Kier molecular flexibility index (Phi) is 69.6. The third-order valence-corrected chi connectivity index (χ3v) is 21.3. The van der Waals surface area contributed by atoms with Crippen LogP contribution in [0.3, 0.4) is 0 Å². The second-order valence-corrected chi connectivity index (χ2v) is 34.1. The summed E-state index contributed by atoms with van der Waals surface area (Å²) in [5.74, 6) is 1.02. The van der Waals surface area contributed by atoms with E-state index < -0.39 is 97.5 Å². The van der Waals surface area contributed by atoms with Crippen molar-refractivity contribution < 1.29 is 80.2 Å². The molecule has 0 saturated heterocycles. The van der Waals surface area contributed by atoms with Crippen LogP contribution in [0, 0.1) is 23.7 Å². The molecule has 0 spiro atoms. The Morgan fingerprint density at radius 3 is 0.703 bits per heavy atom. The molecule has 0 aromatic heterocycles. The van der Waals surface area contributed by atoms with Gasteiger partial charge in [0.1, 0.15) is 19.3 Å². The van der Waals surface area contributed by atoms with Gasteiger partial charge in [-0.2, -0.15) is 0 Å². The Balaban J connectivity index is 5.25. The van der Waals surface area contributed by atoms with Gasteiger partial charge in [-0.05, 0) is 49.4 Å². The predicted molar refractivity (Wildman–Crippen MR) is 414 cm³/mol. The van der Waals surface area contributed by atoms with E-state index in [1.165, 1.54) is 225 Å². The van der Waals surface area contributed by atoms with Crippen molar-refractivity contribution in [3.63, 3.8) is 0 Å². The molecule has 0 aliphatic carbocycles. The van der Waals surface area contributed by atoms with Crippen molar-refractivity contribution in [3.8, 4) is 0 Å². The van der Waals surface area contributed by atoms with Crippen LogP contribution in [0.5, 0.6) is 0 Å². The fourth-order valence-corrected chi connectivity index (χ4v) is 14.2. The van der Waals surface area contributed by atoms with Crippen molar-refractivity contribution >= 4 is 39.5 Å². The predicted octanol–water partition coefficient (Wildman–Crippen LogP) is 24.4. The van der Waals surface area contributed by atoms with Crippen molar-refractivity contribution in [2.45, 2.75) is 440 Å². The van der Waals surface area contributed by atoms with Crippen LogP contribution < -0.4 is 0 Å². The van der Waals surface area contributed by atoms with Crippen LogP contribution >= 0.6 is 15.6 Å². The molecule has 0 aliphatic rings. The smallest absolute Gasteiger partial charge is 0.462 e. The number of aliphatic hydroxyl groups is 1. The highest BCUT2D eigenvalue weighted by Crippen LogP contribution is 2.45. The van der Waals surface area contributed by atoms with E-state index in [1.54, 1.807) is 0 Å². The quantitative estimate of drug-likeness (QED) is 0.0222. The zero-order valence-corrected chi connectivity index (χ0v) is 68.3. The highest BCUT2D eigenvalue weighted by Gasteiger charge is 2.30. The van der Waals surface area contributed by atoms with E-state index in [4.69, 9.17) is 37.0 Å². The van der Waals surface area contributed by atoms with Crippen LogP contribution in [0.1, 0.15) is 421 Å². The SMILES string of the molecule is CCC(C)CCCCCCCCCCC(=O)OC[C@H](COP(=O)(O)OC[C@H](O)COP(=O)(O)OC[C@@H](COC(=O)CCCCCCCCCCCCCCCCCC(C)C)OC(=O)CCCCCCCCCCCCCCCCCCC(C)C)OC(=O)CCCCCCCCCCCC(C)C. The first-order valence-corrected chi connectivity index (χ1v) is 45.2. The normalized spacial score (nSPS) is 14.3. The number of carbonyl (C=O) groups is 4. The van der Waals surface area contributed by atoms with Crippen LogP contribution in [-0.4, -0.2) is 96.7 Å². The monoisotopic (exact) mass is 1480 g/mol. The van der Waals surface area contributed by atoms with E-state index in [1.807, 2.05) is 0 Å². The van der Waals surface area contributed by atoms with Crippen LogP contribution in [0.2, 0.25) is 0 Å². The second-order valence-electron chi connectivity index (χ2n) is 31.2. The van der Waals surface area contributed by atoms with Gasteiger partial charge in [-0.1, -0.05) is 370 Å². The van der Waals surface area contributed by atoms with Gasteiger partial charge in [0, 0.05) is 25.7 Å². The van der Waals surface area contributed by atoms with Crippen LogP contribution in [0.15, 0.2) is 0 Å². The molecule has 0 aromatic rings. The van der Waals surface area contributed by atoms with Crippen molar-refractivity contribution in [2.24, 2.45) is 23.7 Å². The van der Waals surface area contributed by atoms with Crippen LogP contribution in [0.25, 0.3) is 0 Å². The Bertz CT molecular complexity index is 1970. The lowest BCUT2D eigenvalue weighted by Crippen LogP contribution is -2.30. The van der Waals surface area contributed by atoms with Crippen molar-refractivity contribution in [2.75, 3.05) is 39.6 Å². The summed E-state index contributed by atoms with van der Waals surface area (Å²) >= 11 is 0. The molecule has 0 fully saturated rings. The second kappa shape index (κ2) is 71.0. The van der Waals surface area contributed by atoms with Gasteiger partial charge in [0.25, 0.3) is 0 Å². The maximum Gasteiger partial charge on any atom is 0.472 e. The number of ether oxygens (including phenoxy) is 4. The molecule has 3 unspecified atom stereocenters. The number of aliphatic hydroxyl groups excluding tert-OH is 1. The molecule has 0 saturated carbocycles. The van der Waals surface area contributed by atoms with Gasteiger partial charge in [0.15, 0.2) is 12.2 Å². The summed E-state index contributed by atoms with van der Waals surface area (Å²) in [6.45, 7) is 14.3. The molecule has 6 atom stereocenters. The van der Waals surface area contributed by atoms with Crippen molar-refractivity contribution in [1.82, 2.24) is 0 Å². The van der Waals surface area contributed by atoms with E-state index in [9.17, 15) is 43.2 Å². The Morgan fingerprint density at radius 1 is 0.277 bits per heavy atom. The first kappa shape index (κ1) is 99.1. The molecule has 101 heavy (non-hydrogen) atoms. The summed E-state index contributed by atoms with van der Waals surface area (Å²) in [5.41, 5.74) is 0. The highest BCUT2D eigenvalue weighted by atomic mass is 31.2. The molecule has 0 rings (SSSR count). The minimum absolute atomic E-state index is 0.105. The largest absolute Gasteiger partial charge is 0.472 e. The van der Waals surface area contributed by atoms with Gasteiger partial charge >= 0.3 is 39.5 Å². The minimum atomic E-state index is -4.96. The molecule has 0 amide bonds. The van der Waals surface area contributed by atoms with Crippen molar-refractivity contribution in [3.05, 3.63) is 0 Å². The molecule has 0 aliphatic heterocycles. The lowest BCUT2D eigenvalue weighted by atomic mass is 9.99. The molecular weight excluding hydrogens is 1320 g/mol. The first-order valence-electron chi connectivity index (χ1n) is 42.2. The number of hydrogen-bond donors (Lipinski definition) is 3. The summed E-state index contributed by atoms with van der Waals surface area (Å²) in [6, 6.07) is 0. The zero-order chi connectivity index (χ0) is 74.6. The molecule has 19 heteroatoms. The fraction of sp³-hybridized carbons (Fsp3) is 0.951. The number of phosphoric ester groups is 2. The Hall–Kier alpha value is -1.94. The Morgan fingerprint density at radius 2 is 0.475 bits per heavy atom. The fourth-order valence-electron chi connectivity index (χ4n) is 12.6. The molecular formula is C82H160O17P2. The van der Waals surface area contributed by atoms with Crippen LogP contribution in [0.4, 0.5) is 0 Å². The zero-order valence-electron chi connectivity index (χ0n) is 66.5. The first-order chi connectivity index (χ1) is 48.6. The summed E-state index contributed by atoms with van der Waals surface area (Å²) in [5, 5.41) is 10.6. The number of hydrogen-bond acceptors (Lipinski definition) is 15. The molecule has 0 bridgehead atoms. The molecule has 0 radical (unpaired) electrons. The summed E-state index contributed by atoms with van der Waals surface area (Å²) in [4.78, 5) is 73.1. The molecule has 3 N–H and O–H groups in total. The van der Waals surface area contributed by atoms with Gasteiger partial charge < -0.3 is 33.8 Å². The van der Waals surface area contributed by atoms with E-state index in [-0.39, 0.29) is 25.7 Å². The average molecular weight is 1480 g/mol. The van der Waals surface area contributed by atoms with Gasteiger partial charge in [-0.15, -0.1) is 0 Å². The number of carbonyl (C=O) groups excluding carboxylic acids is 4. The number of unbranched alkanes of at least 4 members (excludes halogenated alkanes) is 44. The average Bonchev–Trinajstić information content (AvgIpc) is 0.929. The number of esters is 4. The topological polar surface area (TPSA) is 237 Å². The molecule has 17 nitrogen and oxygen atoms in total. The third kappa shape index (κ3) is 74.7. The standard InChI is InChI=1S/C82H160O17P2/c1-9-75(8)61-53-45-37-32-33-39-47-55-63-80(85)93-69-78(99-82(87)65-57-49-41-31-25-28-36-44-52-60-74(6)7)71-97-101(90,91)95-67-76(83)66-94-100(88,89)96-70-77(68-92-79(84)62-54-46-38-29-23-19-16-12-14-18-22-27-35-43-51-59-73(4)5)98-81(86)64-56-48-40-30-24-20-15-11-10-13-17-21-26-34-42-50-58-72(2)3/h72-78,83H,9-71H2,1-8H3,(H,88,89)(H,90,91)/t75?,76-,77-,78-/m1/s1. The van der Waals surface area contributed by atoms with E-state index in [0.717, 1.165) is 114 Å². The molecule has 600 valence electrons. The van der Waals surface area contributed by atoms with Crippen LogP contribution in [-0.2, 0) is 65.4 Å². The summed E-state index contributed by atoms with van der Waals surface area (Å²) in [6.07, 6.45) is 58.3. The van der Waals surface area contributed by atoms with E-state index in [2.05, 4.69) is 55.4 Å². The van der Waals surface area contributed by atoms with Crippen molar-refractivity contribution in [1.29, 1.82) is 0 Å². The summed E-state index contributed by atoms with van der Waals surface area (Å²) in [7, 11) is -9.92. The maximum atomic E-state index is 13.1. The van der Waals surface area contributed by atoms with Gasteiger partial charge in [-0.3, -0.25) is 37.3 Å². The lowest BCUT2D eigenvalue weighted by molar-refractivity contribution is -0.161. The molecule has 0 aromatic carbocycles. The van der Waals surface area contributed by atoms with Gasteiger partial charge in [0.2, 0.25) is 0 Å². The maximum absolute atomic E-state index is 13.1.